The Hall–Kier alpha value is -3.66. The Balaban J connectivity index is 0.000000271. The fourth-order valence-corrected chi connectivity index (χ4v) is 7.79. The number of halogens is 2. The molecule has 0 bridgehead atoms. The highest BCUT2D eigenvalue weighted by molar-refractivity contribution is 7.94. The van der Waals surface area contributed by atoms with Gasteiger partial charge in [0.15, 0.2) is 30.6 Å². The molecule has 0 aliphatic carbocycles. The van der Waals surface area contributed by atoms with Crippen LogP contribution in [0, 0.1) is 12.7 Å². The summed E-state index contributed by atoms with van der Waals surface area (Å²) in [5, 5.41) is 9.61. The minimum atomic E-state index is -4.27. The third-order valence-corrected chi connectivity index (χ3v) is 14.1. The van der Waals surface area contributed by atoms with Crippen molar-refractivity contribution in [2.45, 2.75) is 99.9 Å². The Morgan fingerprint density at radius 3 is 1.92 bits per heavy atom. The molecule has 0 aliphatic rings. The van der Waals surface area contributed by atoms with Crippen molar-refractivity contribution in [1.29, 1.82) is 0 Å². The maximum absolute atomic E-state index is 14.2. The van der Waals surface area contributed by atoms with Gasteiger partial charge in [-0.1, -0.05) is 57.4 Å². The Bertz CT molecular complexity index is 2080. The van der Waals surface area contributed by atoms with Gasteiger partial charge < -0.3 is 15.2 Å². The molecule has 0 fully saturated rings. The summed E-state index contributed by atoms with van der Waals surface area (Å²) in [5.74, 6) is -1.40. The van der Waals surface area contributed by atoms with Crippen LogP contribution in [-0.4, -0.2) is 48.3 Å². The number of carbonyl (C=O) groups excluding carboxylic acids is 2. The number of sulfone groups is 2. The summed E-state index contributed by atoms with van der Waals surface area (Å²) in [4.78, 5) is 29.8. The van der Waals surface area contributed by atoms with Crippen molar-refractivity contribution in [2.75, 3.05) is 10.6 Å². The fraction of sp³-hybridized carbons (Fsp3) is 0.412. The van der Waals surface area contributed by atoms with Crippen LogP contribution in [0.3, 0.4) is 0 Å². The van der Waals surface area contributed by atoms with E-state index in [0.717, 1.165) is 10.9 Å². The fourth-order valence-electron chi connectivity index (χ4n) is 4.06. The van der Waals surface area contributed by atoms with Crippen LogP contribution < -0.4 is 10.6 Å². The third-order valence-electron chi connectivity index (χ3n) is 7.74. The predicted molar refractivity (Wildman–Crippen MR) is 194 cm³/mol. The molecule has 0 spiro atoms. The first-order chi connectivity index (χ1) is 22.8. The molecule has 4 aromatic rings. The van der Waals surface area contributed by atoms with E-state index < -0.39 is 51.7 Å². The lowest BCUT2D eigenvalue weighted by Crippen LogP contribution is -2.44. The normalized spacial score (nSPS) is 12.7. The zero-order chi connectivity index (χ0) is 38.0. The Morgan fingerprint density at radius 1 is 0.860 bits per heavy atom. The van der Waals surface area contributed by atoms with Gasteiger partial charge in [-0.25, -0.2) is 26.2 Å². The molecule has 0 atom stereocenters. The van der Waals surface area contributed by atoms with Gasteiger partial charge in [0, 0.05) is 27.6 Å². The van der Waals surface area contributed by atoms with E-state index in [4.69, 9.17) is 16.1 Å². The molecule has 2 heterocycles. The van der Waals surface area contributed by atoms with Gasteiger partial charge in [0.2, 0.25) is 11.8 Å². The summed E-state index contributed by atoms with van der Waals surface area (Å²) in [6.45, 7) is 16.6. The summed E-state index contributed by atoms with van der Waals surface area (Å²) in [6.07, 6.45) is 1.69. The van der Waals surface area contributed by atoms with E-state index in [2.05, 4.69) is 20.8 Å². The monoisotopic (exact) mass is 768 g/mol. The molecule has 0 aliphatic heterocycles. The van der Waals surface area contributed by atoms with Crippen LogP contribution in [0.1, 0.15) is 84.4 Å². The third kappa shape index (κ3) is 8.79. The second kappa shape index (κ2) is 14.9. The topological polar surface area (TPSA) is 165 Å². The average molecular weight is 769 g/mol. The molecule has 2 aromatic heterocycles. The van der Waals surface area contributed by atoms with E-state index in [1.807, 2.05) is 34.6 Å². The van der Waals surface area contributed by atoms with Crippen LogP contribution in [0.15, 0.2) is 69.0 Å². The van der Waals surface area contributed by atoms with Gasteiger partial charge in [-0.15, -0.1) is 11.3 Å². The molecule has 2 aromatic carbocycles. The number of hydrogen-bond acceptors (Lipinski definition) is 10. The van der Waals surface area contributed by atoms with E-state index in [-0.39, 0.29) is 16.1 Å². The molecule has 11 nitrogen and oxygen atoms in total. The highest BCUT2D eigenvalue weighted by atomic mass is 35.5. The van der Waals surface area contributed by atoms with E-state index in [1.54, 1.807) is 13.1 Å². The zero-order valence-corrected chi connectivity index (χ0v) is 32.7. The van der Waals surface area contributed by atoms with Gasteiger partial charge in [0.25, 0.3) is 0 Å². The number of nitrogens with zero attached hydrogens (tertiary/aromatic N) is 2. The van der Waals surface area contributed by atoms with Crippen LogP contribution in [-0.2, 0) is 34.7 Å². The number of carbonyl (C=O) groups is 2. The highest BCUT2D eigenvalue weighted by Crippen LogP contribution is 2.32. The molecule has 2 N–H and O–H groups in total. The number of rotatable bonds is 9. The van der Waals surface area contributed by atoms with E-state index in [0.29, 0.717) is 27.4 Å². The van der Waals surface area contributed by atoms with Crippen molar-refractivity contribution < 1.29 is 35.3 Å². The Morgan fingerprint density at radius 2 is 1.42 bits per heavy atom. The number of aryl methyl sites for hydroxylation is 1. The smallest absolute Gasteiger partial charge is 0.247 e. The van der Waals surface area contributed by atoms with Crippen molar-refractivity contribution in [1.82, 2.24) is 10.1 Å². The number of benzene rings is 2. The van der Waals surface area contributed by atoms with E-state index >= 15 is 0 Å². The molecule has 4 rings (SSSR count). The largest absolute Gasteiger partial charge is 0.359 e. The number of anilines is 2. The van der Waals surface area contributed by atoms with Crippen LogP contribution in [0.5, 0.6) is 0 Å². The predicted octanol–water partition coefficient (Wildman–Crippen LogP) is 7.72. The number of thiazole rings is 1. The lowest BCUT2D eigenvalue weighted by molar-refractivity contribution is -0.118. The molecule has 0 radical (unpaired) electrons. The Kier molecular flexibility index (Phi) is 12.2. The quantitative estimate of drug-likeness (QED) is 0.173. The molecule has 0 saturated heterocycles. The SMILES string of the molecule is CC(C)c1cnc(NC(=O)C(C)(C)S(=O)(=O)c2ccc(Cl)cc2)s1.Cc1ccc(S(=O)(=O)C(C)(C)C(=O)Nc2cc(C(C)(C)C)on2)c(F)c1. The molecule has 272 valence electrons. The number of hydrogen-bond donors (Lipinski definition) is 2. The molecule has 2 amide bonds. The summed E-state index contributed by atoms with van der Waals surface area (Å²) >= 11 is 7.13. The minimum absolute atomic E-state index is 0.0501. The summed E-state index contributed by atoms with van der Waals surface area (Å²) in [5.41, 5.74) is 0.267. The second-order valence-corrected chi connectivity index (χ2v) is 20.3. The standard InChI is InChI=1S/C18H23FN2O4S.C16H19ClN2O3S2/c1-11-7-8-13(12(19)9-11)26(23,24)18(5,6)16(22)20-15-10-14(25-21-15)17(2,3)4;1-10(2)13-9-18-15(23-13)19-14(20)16(3,4)24(21,22)12-7-5-11(17)6-8-12/h7-10H,1-6H3,(H,20,21,22);5-10H,1-4H3,(H,18,19,20). The molecule has 0 unspecified atom stereocenters. The van der Waals surface area contributed by atoms with E-state index in [1.165, 1.54) is 81.5 Å². The molecule has 50 heavy (non-hydrogen) atoms. The van der Waals surface area contributed by atoms with Crippen molar-refractivity contribution in [2.24, 2.45) is 0 Å². The van der Waals surface area contributed by atoms with Gasteiger partial charge in [-0.3, -0.25) is 9.59 Å². The molecular formula is C34H42ClFN4O7S3. The van der Waals surface area contributed by atoms with Crippen molar-refractivity contribution >= 4 is 65.4 Å². The lowest BCUT2D eigenvalue weighted by Gasteiger charge is -2.23. The van der Waals surface area contributed by atoms with Crippen molar-refractivity contribution in [3.05, 3.63) is 81.8 Å². The summed E-state index contributed by atoms with van der Waals surface area (Å²) in [6, 6.07) is 11.1. The Labute approximate surface area is 301 Å². The van der Waals surface area contributed by atoms with Crippen LogP contribution in [0.2, 0.25) is 5.02 Å². The van der Waals surface area contributed by atoms with Crippen LogP contribution in [0.25, 0.3) is 0 Å². The van der Waals surface area contributed by atoms with Crippen molar-refractivity contribution in [3.8, 4) is 0 Å². The number of nitrogens with one attached hydrogen (secondary N) is 2. The van der Waals surface area contributed by atoms with Crippen molar-refractivity contribution in [3.63, 3.8) is 0 Å². The first kappa shape index (κ1) is 40.8. The molecular weight excluding hydrogens is 727 g/mol. The van der Waals surface area contributed by atoms with Gasteiger partial charge in [-0.2, -0.15) is 0 Å². The first-order valence-electron chi connectivity index (χ1n) is 15.4. The van der Waals surface area contributed by atoms with Crippen LogP contribution >= 0.6 is 22.9 Å². The first-order valence-corrected chi connectivity index (χ1v) is 19.5. The van der Waals surface area contributed by atoms with Gasteiger partial charge >= 0.3 is 0 Å². The average Bonchev–Trinajstić information content (AvgIpc) is 3.67. The zero-order valence-electron chi connectivity index (χ0n) is 29.5. The molecule has 16 heteroatoms. The van der Waals surface area contributed by atoms with Crippen LogP contribution in [0.4, 0.5) is 15.3 Å². The summed E-state index contributed by atoms with van der Waals surface area (Å²) in [7, 11) is -8.15. The number of aromatic nitrogens is 2. The summed E-state index contributed by atoms with van der Waals surface area (Å²) < 4.78 is 67.0. The highest BCUT2D eigenvalue weighted by Gasteiger charge is 2.45. The maximum atomic E-state index is 14.2. The number of amides is 2. The minimum Gasteiger partial charge on any atom is -0.359 e. The van der Waals surface area contributed by atoms with Gasteiger partial charge in [-0.05, 0) is 82.5 Å². The lowest BCUT2D eigenvalue weighted by atomic mass is 9.93. The van der Waals surface area contributed by atoms with E-state index in [9.17, 15) is 30.8 Å². The maximum Gasteiger partial charge on any atom is 0.247 e. The van der Waals surface area contributed by atoms with Gasteiger partial charge in [0.05, 0.1) is 4.90 Å². The molecule has 0 saturated carbocycles. The second-order valence-electron chi connectivity index (χ2n) is 13.9. The van der Waals surface area contributed by atoms with Gasteiger partial charge in [0.1, 0.15) is 26.0 Å².